The first-order valence-corrected chi connectivity index (χ1v) is 14.8. The Morgan fingerprint density at radius 1 is 1.10 bits per heavy atom. The summed E-state index contributed by atoms with van der Waals surface area (Å²) in [6.07, 6.45) is 7.36. The highest BCUT2D eigenvalue weighted by Crippen LogP contribution is 2.64. The minimum Gasteiger partial charge on any atom is -0.494 e. The molecular weight excluding hydrogens is 498 g/mol. The van der Waals surface area contributed by atoms with Gasteiger partial charge < -0.3 is 30.1 Å². The van der Waals surface area contributed by atoms with Crippen LogP contribution in [0.15, 0.2) is 24.3 Å². The Kier molecular flexibility index (Phi) is 7.93. The summed E-state index contributed by atoms with van der Waals surface area (Å²) in [7, 11) is 0. The van der Waals surface area contributed by atoms with Crippen LogP contribution in [0, 0.1) is 11.8 Å². The number of carbonyl (C=O) groups excluding carboxylic acids is 3. The van der Waals surface area contributed by atoms with Crippen LogP contribution in [0.2, 0.25) is 0 Å². The van der Waals surface area contributed by atoms with Crippen molar-refractivity contribution in [1.82, 2.24) is 10.2 Å². The van der Waals surface area contributed by atoms with Crippen molar-refractivity contribution in [2.45, 2.75) is 108 Å². The summed E-state index contributed by atoms with van der Waals surface area (Å²) in [4.78, 5) is 43.7. The highest BCUT2D eigenvalue weighted by molar-refractivity contribution is 6.02. The minimum atomic E-state index is -1.09. The van der Waals surface area contributed by atoms with E-state index in [1.807, 2.05) is 20.8 Å². The fraction of sp³-hybridized carbons (Fsp3) is 0.700. The van der Waals surface area contributed by atoms with Gasteiger partial charge in [-0.05, 0) is 69.7 Å². The van der Waals surface area contributed by atoms with Gasteiger partial charge in [-0.15, -0.1) is 0 Å². The number of hydrogen-bond acceptors (Lipinski definition) is 6. The Labute approximate surface area is 231 Å². The van der Waals surface area contributed by atoms with E-state index < -0.39 is 35.1 Å². The molecule has 0 radical (unpaired) electrons. The normalized spacial score (nSPS) is 32.7. The van der Waals surface area contributed by atoms with Crippen LogP contribution in [0.5, 0.6) is 5.75 Å². The van der Waals surface area contributed by atoms with Crippen LogP contribution in [0.3, 0.4) is 0 Å². The molecule has 3 saturated heterocycles. The SMILES string of the molecule is CCOc1ccc(NC(=O)[C@@H]2[C@H]3C(=O)N([C@@H](CC)CO)C(C(=O)NC4CCCCC4)C34CC[C@@]2(CC)O4)cc1. The maximum Gasteiger partial charge on any atom is 0.246 e. The number of ether oxygens (including phenoxy) is 2. The molecule has 4 aliphatic rings. The van der Waals surface area contributed by atoms with Crippen molar-refractivity contribution >= 4 is 23.4 Å². The number of hydrogen-bond donors (Lipinski definition) is 3. The maximum absolute atomic E-state index is 14.2. The zero-order valence-corrected chi connectivity index (χ0v) is 23.4. The second-order valence-corrected chi connectivity index (χ2v) is 11.6. The first kappa shape index (κ1) is 27.9. The molecule has 0 aromatic heterocycles. The molecular formula is C30H43N3O6. The van der Waals surface area contributed by atoms with Gasteiger partial charge in [0.1, 0.15) is 17.4 Å². The van der Waals surface area contributed by atoms with Crippen molar-refractivity contribution in [3.63, 3.8) is 0 Å². The fourth-order valence-electron chi connectivity index (χ4n) is 7.71. The third-order valence-corrected chi connectivity index (χ3v) is 9.61. The van der Waals surface area contributed by atoms with E-state index in [2.05, 4.69) is 10.6 Å². The van der Waals surface area contributed by atoms with E-state index in [0.717, 1.165) is 25.7 Å². The summed E-state index contributed by atoms with van der Waals surface area (Å²) in [6.45, 7) is 6.10. The van der Waals surface area contributed by atoms with Gasteiger partial charge in [-0.3, -0.25) is 14.4 Å². The lowest BCUT2D eigenvalue weighted by molar-refractivity contribution is -0.150. The number of rotatable bonds is 10. The van der Waals surface area contributed by atoms with Gasteiger partial charge in [0.25, 0.3) is 0 Å². The molecule has 2 bridgehead atoms. The largest absolute Gasteiger partial charge is 0.494 e. The van der Waals surface area contributed by atoms with E-state index in [1.54, 1.807) is 29.2 Å². The molecule has 1 saturated carbocycles. The van der Waals surface area contributed by atoms with Crippen molar-refractivity contribution in [2.75, 3.05) is 18.5 Å². The molecule has 2 unspecified atom stereocenters. The molecule has 4 fully saturated rings. The number of carbonyl (C=O) groups is 3. The molecule has 6 atom stereocenters. The number of aliphatic hydroxyl groups excluding tert-OH is 1. The number of benzene rings is 1. The molecule has 1 aromatic carbocycles. The maximum atomic E-state index is 14.2. The summed E-state index contributed by atoms with van der Waals surface area (Å²) in [5.41, 5.74) is -1.29. The Morgan fingerprint density at radius 2 is 1.82 bits per heavy atom. The smallest absolute Gasteiger partial charge is 0.246 e. The second kappa shape index (κ2) is 11.1. The molecule has 214 valence electrons. The molecule has 39 heavy (non-hydrogen) atoms. The average molecular weight is 542 g/mol. The summed E-state index contributed by atoms with van der Waals surface area (Å²) in [5.74, 6) is -1.55. The van der Waals surface area contributed by atoms with Crippen molar-refractivity contribution in [1.29, 1.82) is 0 Å². The summed E-state index contributed by atoms with van der Waals surface area (Å²) in [5, 5.41) is 16.5. The Morgan fingerprint density at radius 3 is 2.44 bits per heavy atom. The topological polar surface area (TPSA) is 117 Å². The first-order valence-electron chi connectivity index (χ1n) is 14.8. The third kappa shape index (κ3) is 4.61. The molecule has 9 heteroatoms. The van der Waals surface area contributed by atoms with Crippen LogP contribution in [0.25, 0.3) is 0 Å². The number of nitrogens with zero attached hydrogens (tertiary/aromatic N) is 1. The number of aliphatic hydroxyl groups is 1. The minimum absolute atomic E-state index is 0.0744. The van der Waals surface area contributed by atoms with Crippen LogP contribution in [0.1, 0.15) is 78.6 Å². The lowest BCUT2D eigenvalue weighted by atomic mass is 9.65. The van der Waals surface area contributed by atoms with Crippen molar-refractivity contribution < 1.29 is 29.0 Å². The molecule has 5 rings (SSSR count). The standard InChI is InChI=1S/C30H43N3O6/c1-4-21(18-34)33-25(27(36)32-19-10-8-7-9-11-19)30-17-16-29(5-2,39-30)23(24(30)28(33)37)26(35)31-20-12-14-22(15-13-20)38-6-3/h12-15,19,21,23-25,34H,4-11,16-18H2,1-3H3,(H,31,35)(H,32,36)/t21-,23-,24-,25?,29+,30?/m0/s1. The molecule has 1 aromatic rings. The van der Waals surface area contributed by atoms with E-state index in [-0.39, 0.29) is 30.4 Å². The van der Waals surface area contributed by atoms with Crippen LogP contribution in [0.4, 0.5) is 5.69 Å². The predicted octanol–water partition coefficient (Wildman–Crippen LogP) is 3.40. The zero-order valence-electron chi connectivity index (χ0n) is 23.4. The quantitative estimate of drug-likeness (QED) is 0.418. The highest BCUT2D eigenvalue weighted by Gasteiger charge is 2.79. The number of fused-ring (bicyclic) bond motifs is 1. The molecule has 9 nitrogen and oxygen atoms in total. The van der Waals surface area contributed by atoms with Crippen molar-refractivity contribution in [3.05, 3.63) is 24.3 Å². The number of likely N-dealkylation sites (tertiary alicyclic amines) is 1. The molecule has 1 spiro atoms. The average Bonchev–Trinajstić information content (AvgIpc) is 3.55. The zero-order chi connectivity index (χ0) is 27.8. The molecule has 1 aliphatic carbocycles. The van der Waals surface area contributed by atoms with E-state index in [1.165, 1.54) is 6.42 Å². The molecule has 3 N–H and O–H groups in total. The Bertz CT molecular complexity index is 1070. The van der Waals surface area contributed by atoms with Crippen molar-refractivity contribution in [2.24, 2.45) is 11.8 Å². The fourth-order valence-corrected chi connectivity index (χ4v) is 7.71. The second-order valence-electron chi connectivity index (χ2n) is 11.6. The van der Waals surface area contributed by atoms with Gasteiger partial charge >= 0.3 is 0 Å². The summed E-state index contributed by atoms with van der Waals surface area (Å²) in [6, 6.07) is 5.86. The van der Waals surface area contributed by atoms with Crippen LogP contribution in [-0.4, -0.2) is 70.3 Å². The van der Waals surface area contributed by atoms with Gasteiger partial charge in [-0.25, -0.2) is 0 Å². The summed E-state index contributed by atoms with van der Waals surface area (Å²) >= 11 is 0. The van der Waals surface area contributed by atoms with E-state index in [4.69, 9.17) is 9.47 Å². The van der Waals surface area contributed by atoms with E-state index in [9.17, 15) is 19.5 Å². The van der Waals surface area contributed by atoms with Crippen molar-refractivity contribution in [3.8, 4) is 5.75 Å². The third-order valence-electron chi connectivity index (χ3n) is 9.61. The summed E-state index contributed by atoms with van der Waals surface area (Å²) < 4.78 is 12.3. The van der Waals surface area contributed by atoms with Gasteiger partial charge in [-0.1, -0.05) is 33.1 Å². The van der Waals surface area contributed by atoms with Gasteiger partial charge in [0.05, 0.1) is 36.7 Å². The lowest BCUT2D eigenvalue weighted by Gasteiger charge is -2.38. The molecule has 3 amide bonds. The predicted molar refractivity (Wildman–Crippen MR) is 146 cm³/mol. The van der Waals surface area contributed by atoms with Gasteiger partial charge in [0, 0.05) is 11.7 Å². The number of amides is 3. The van der Waals surface area contributed by atoms with Gasteiger partial charge in [0.15, 0.2) is 0 Å². The molecule has 3 heterocycles. The highest BCUT2D eigenvalue weighted by atomic mass is 16.5. The lowest BCUT2D eigenvalue weighted by Crippen LogP contribution is -2.59. The monoisotopic (exact) mass is 541 g/mol. The van der Waals surface area contributed by atoms with Crippen LogP contribution >= 0.6 is 0 Å². The number of nitrogens with one attached hydrogen (secondary N) is 2. The van der Waals surface area contributed by atoms with Gasteiger partial charge in [-0.2, -0.15) is 0 Å². The van der Waals surface area contributed by atoms with E-state index in [0.29, 0.717) is 43.7 Å². The van der Waals surface area contributed by atoms with Gasteiger partial charge in [0.2, 0.25) is 17.7 Å². The Balaban J connectivity index is 1.48. The molecule has 3 aliphatic heterocycles. The van der Waals surface area contributed by atoms with Crippen LogP contribution < -0.4 is 15.4 Å². The number of anilines is 1. The Hall–Kier alpha value is -2.65. The van der Waals surface area contributed by atoms with Crippen LogP contribution in [-0.2, 0) is 19.1 Å². The first-order chi connectivity index (χ1) is 18.8. The van der Waals surface area contributed by atoms with E-state index >= 15 is 0 Å².